The van der Waals surface area contributed by atoms with Gasteiger partial charge in [-0.15, -0.1) is 11.3 Å². The molecule has 1 aromatic carbocycles. The zero-order valence-corrected chi connectivity index (χ0v) is 10.3. The van der Waals surface area contributed by atoms with E-state index in [2.05, 4.69) is 4.98 Å². The monoisotopic (exact) mass is 247 g/mol. The molecule has 88 valence electrons. The highest BCUT2D eigenvalue weighted by Gasteiger charge is 2.22. The Bertz CT molecular complexity index is 508. The summed E-state index contributed by atoms with van der Waals surface area (Å²) in [6.07, 6.45) is 0.448. The minimum absolute atomic E-state index is 0.448. The standard InChI is InChI=1S/C13H13NO2S/c1-9-4-2-3-5-11(9)12(13(15)16)6-10-7-17-8-14-10/h2-5,7-8,12H,6H2,1H3,(H,15,16). The van der Waals surface area contributed by atoms with Crippen LogP contribution >= 0.6 is 11.3 Å². The molecule has 0 radical (unpaired) electrons. The van der Waals surface area contributed by atoms with Gasteiger partial charge in [-0.1, -0.05) is 24.3 Å². The molecule has 4 heteroatoms. The number of thiazole rings is 1. The molecule has 0 saturated heterocycles. The van der Waals surface area contributed by atoms with Crippen molar-refractivity contribution < 1.29 is 9.90 Å². The zero-order chi connectivity index (χ0) is 12.3. The number of hydrogen-bond acceptors (Lipinski definition) is 3. The second-order valence-corrected chi connectivity index (χ2v) is 4.65. The largest absolute Gasteiger partial charge is 0.481 e. The van der Waals surface area contributed by atoms with Crippen LogP contribution in [-0.4, -0.2) is 16.1 Å². The number of carboxylic acids is 1. The fraction of sp³-hybridized carbons (Fsp3) is 0.231. The quantitative estimate of drug-likeness (QED) is 0.903. The molecule has 0 aliphatic rings. The van der Waals surface area contributed by atoms with E-state index in [4.69, 9.17) is 0 Å². The van der Waals surface area contributed by atoms with E-state index in [9.17, 15) is 9.90 Å². The normalized spacial score (nSPS) is 12.3. The molecule has 0 bridgehead atoms. The summed E-state index contributed by atoms with van der Waals surface area (Å²) < 4.78 is 0. The minimum Gasteiger partial charge on any atom is -0.481 e. The maximum Gasteiger partial charge on any atom is 0.311 e. The Hall–Kier alpha value is -1.68. The Labute approximate surface area is 104 Å². The number of benzene rings is 1. The molecule has 0 spiro atoms. The van der Waals surface area contributed by atoms with Crippen LogP contribution in [0.1, 0.15) is 22.7 Å². The molecule has 0 aliphatic heterocycles. The molecule has 1 atom stereocenters. The molecule has 2 aromatic rings. The van der Waals surface area contributed by atoms with Crippen molar-refractivity contribution in [3.05, 3.63) is 52.0 Å². The molecular weight excluding hydrogens is 234 g/mol. The summed E-state index contributed by atoms with van der Waals surface area (Å²) in [5, 5.41) is 11.2. The minimum atomic E-state index is -0.799. The maximum atomic E-state index is 11.4. The van der Waals surface area contributed by atoms with Crippen molar-refractivity contribution in [3.8, 4) is 0 Å². The lowest BCUT2D eigenvalue weighted by Gasteiger charge is -2.13. The third-order valence-electron chi connectivity index (χ3n) is 2.76. The SMILES string of the molecule is Cc1ccccc1C(Cc1cscn1)C(=O)O. The van der Waals surface area contributed by atoms with E-state index in [1.54, 1.807) is 5.51 Å². The average Bonchev–Trinajstić information content (AvgIpc) is 2.79. The first kappa shape index (κ1) is 11.8. The van der Waals surface area contributed by atoms with Crippen molar-refractivity contribution in [1.82, 2.24) is 4.98 Å². The molecule has 2 rings (SSSR count). The molecule has 0 aliphatic carbocycles. The number of rotatable bonds is 4. The number of aliphatic carboxylic acids is 1. The Kier molecular flexibility index (Phi) is 3.54. The van der Waals surface area contributed by atoms with Gasteiger partial charge in [0.15, 0.2) is 0 Å². The van der Waals surface area contributed by atoms with Gasteiger partial charge in [-0.25, -0.2) is 4.98 Å². The van der Waals surface area contributed by atoms with Crippen molar-refractivity contribution in [2.24, 2.45) is 0 Å². The van der Waals surface area contributed by atoms with Crippen LogP contribution in [0.25, 0.3) is 0 Å². The highest BCUT2D eigenvalue weighted by Crippen LogP contribution is 2.24. The number of nitrogens with zero attached hydrogens (tertiary/aromatic N) is 1. The van der Waals surface area contributed by atoms with Gasteiger partial charge in [0, 0.05) is 11.8 Å². The summed E-state index contributed by atoms with van der Waals surface area (Å²) in [5.41, 5.74) is 4.44. The second-order valence-electron chi connectivity index (χ2n) is 3.93. The maximum absolute atomic E-state index is 11.4. The van der Waals surface area contributed by atoms with Crippen molar-refractivity contribution in [3.63, 3.8) is 0 Å². The number of carboxylic acid groups (broad SMARTS) is 1. The average molecular weight is 247 g/mol. The van der Waals surface area contributed by atoms with E-state index in [1.807, 2.05) is 36.6 Å². The summed E-state index contributed by atoms with van der Waals surface area (Å²) in [6, 6.07) is 7.60. The van der Waals surface area contributed by atoms with E-state index in [0.717, 1.165) is 16.8 Å². The Morgan fingerprint density at radius 3 is 2.82 bits per heavy atom. The van der Waals surface area contributed by atoms with Crippen molar-refractivity contribution in [2.75, 3.05) is 0 Å². The van der Waals surface area contributed by atoms with Crippen LogP contribution < -0.4 is 0 Å². The highest BCUT2D eigenvalue weighted by atomic mass is 32.1. The van der Waals surface area contributed by atoms with Crippen LogP contribution in [0.15, 0.2) is 35.2 Å². The topological polar surface area (TPSA) is 50.2 Å². The van der Waals surface area contributed by atoms with Gasteiger partial charge in [0.2, 0.25) is 0 Å². The van der Waals surface area contributed by atoms with Crippen LogP contribution in [-0.2, 0) is 11.2 Å². The number of aryl methyl sites for hydroxylation is 1. The predicted octanol–water partition coefficient (Wildman–Crippen LogP) is 2.86. The van der Waals surface area contributed by atoms with Crippen molar-refractivity contribution in [1.29, 1.82) is 0 Å². The van der Waals surface area contributed by atoms with E-state index in [-0.39, 0.29) is 0 Å². The summed E-state index contributed by atoms with van der Waals surface area (Å²) >= 11 is 1.49. The van der Waals surface area contributed by atoms with E-state index < -0.39 is 11.9 Å². The van der Waals surface area contributed by atoms with Gasteiger partial charge < -0.3 is 5.11 Å². The summed E-state index contributed by atoms with van der Waals surface area (Å²) in [7, 11) is 0. The van der Waals surface area contributed by atoms with Gasteiger partial charge in [0.1, 0.15) is 0 Å². The molecule has 0 saturated carbocycles. The van der Waals surface area contributed by atoms with Crippen LogP contribution in [0.5, 0.6) is 0 Å². The first-order chi connectivity index (χ1) is 8.18. The molecule has 1 aromatic heterocycles. The van der Waals surface area contributed by atoms with E-state index >= 15 is 0 Å². The summed E-state index contributed by atoms with van der Waals surface area (Å²) in [5.74, 6) is -1.31. The first-order valence-corrected chi connectivity index (χ1v) is 6.28. The summed E-state index contributed by atoms with van der Waals surface area (Å²) in [6.45, 7) is 1.94. The molecule has 0 fully saturated rings. The molecule has 1 unspecified atom stereocenters. The van der Waals surface area contributed by atoms with Gasteiger partial charge in [0.25, 0.3) is 0 Å². The first-order valence-electron chi connectivity index (χ1n) is 5.34. The molecule has 1 heterocycles. The number of aromatic nitrogens is 1. The molecular formula is C13H13NO2S. The van der Waals surface area contributed by atoms with Gasteiger partial charge in [-0.05, 0) is 18.1 Å². The third kappa shape index (κ3) is 2.71. The predicted molar refractivity (Wildman–Crippen MR) is 67.4 cm³/mol. The number of hydrogen-bond donors (Lipinski definition) is 1. The fourth-order valence-corrected chi connectivity index (χ4v) is 2.43. The lowest BCUT2D eigenvalue weighted by atomic mass is 9.91. The van der Waals surface area contributed by atoms with Gasteiger partial charge in [-0.3, -0.25) is 4.79 Å². The van der Waals surface area contributed by atoms with Gasteiger partial charge in [-0.2, -0.15) is 0 Å². The fourth-order valence-electron chi connectivity index (χ4n) is 1.86. The Morgan fingerprint density at radius 1 is 1.47 bits per heavy atom. The van der Waals surface area contributed by atoms with Crippen LogP contribution in [0, 0.1) is 6.92 Å². The third-order valence-corrected chi connectivity index (χ3v) is 3.39. The lowest BCUT2D eigenvalue weighted by molar-refractivity contribution is -0.138. The second kappa shape index (κ2) is 5.10. The van der Waals surface area contributed by atoms with Gasteiger partial charge in [0.05, 0.1) is 17.1 Å². The summed E-state index contributed by atoms with van der Waals surface area (Å²) in [4.78, 5) is 15.5. The Morgan fingerprint density at radius 2 is 2.24 bits per heavy atom. The van der Waals surface area contributed by atoms with E-state index in [1.165, 1.54) is 11.3 Å². The van der Waals surface area contributed by atoms with Crippen LogP contribution in [0.2, 0.25) is 0 Å². The van der Waals surface area contributed by atoms with Crippen molar-refractivity contribution >= 4 is 17.3 Å². The lowest BCUT2D eigenvalue weighted by Crippen LogP contribution is -2.15. The molecule has 17 heavy (non-hydrogen) atoms. The smallest absolute Gasteiger partial charge is 0.311 e. The van der Waals surface area contributed by atoms with Crippen LogP contribution in [0.4, 0.5) is 0 Å². The highest BCUT2D eigenvalue weighted by molar-refractivity contribution is 7.07. The van der Waals surface area contributed by atoms with Crippen molar-refractivity contribution in [2.45, 2.75) is 19.3 Å². The van der Waals surface area contributed by atoms with Gasteiger partial charge >= 0.3 is 5.97 Å². The molecule has 1 N–H and O–H groups in total. The number of carbonyl (C=O) groups is 1. The zero-order valence-electron chi connectivity index (χ0n) is 9.46. The molecule has 3 nitrogen and oxygen atoms in total. The van der Waals surface area contributed by atoms with Crippen LogP contribution in [0.3, 0.4) is 0 Å². The van der Waals surface area contributed by atoms with E-state index in [0.29, 0.717) is 6.42 Å². The Balaban J connectivity index is 2.30. The molecule has 0 amide bonds.